The first-order chi connectivity index (χ1) is 9.20. The molecule has 0 spiro atoms. The van der Waals surface area contributed by atoms with Gasteiger partial charge in [0.2, 0.25) is 5.91 Å². The van der Waals surface area contributed by atoms with Crippen LogP contribution in [0.3, 0.4) is 0 Å². The number of amides is 1. The molecule has 2 N–H and O–H groups in total. The Morgan fingerprint density at radius 3 is 2.95 bits per heavy atom. The Kier molecular flexibility index (Phi) is 4.99. The van der Waals surface area contributed by atoms with Gasteiger partial charge in [-0.15, -0.1) is 11.8 Å². The molecule has 2 rings (SSSR count). The van der Waals surface area contributed by atoms with Crippen molar-refractivity contribution in [2.45, 2.75) is 25.5 Å². The van der Waals surface area contributed by atoms with E-state index in [1.165, 1.54) is 0 Å². The van der Waals surface area contributed by atoms with Crippen molar-refractivity contribution in [2.75, 3.05) is 12.3 Å². The third kappa shape index (κ3) is 3.81. The van der Waals surface area contributed by atoms with E-state index in [4.69, 9.17) is 0 Å². The molecule has 1 heterocycles. The molecule has 2 unspecified atom stereocenters. The van der Waals surface area contributed by atoms with Gasteiger partial charge in [0, 0.05) is 17.9 Å². The number of carbonyl (C=O) groups is 1. The smallest absolute Gasteiger partial charge is 0.245 e. The van der Waals surface area contributed by atoms with Gasteiger partial charge in [-0.3, -0.25) is 9.79 Å². The minimum atomic E-state index is -0.476. The molecule has 1 amide bonds. The molecule has 0 saturated carbocycles. The molecule has 1 aromatic rings. The first kappa shape index (κ1) is 14.1. The predicted molar refractivity (Wildman–Crippen MR) is 78.5 cm³/mol. The minimum Gasteiger partial charge on any atom is -0.391 e. The van der Waals surface area contributed by atoms with Crippen LogP contribution in [0.4, 0.5) is 0 Å². The number of aliphatic hydroxyl groups excluding tert-OH is 1. The van der Waals surface area contributed by atoms with Crippen LogP contribution < -0.4 is 5.32 Å². The summed E-state index contributed by atoms with van der Waals surface area (Å²) in [4.78, 5) is 16.3. The number of aliphatic hydroxyl groups is 1. The Balaban J connectivity index is 1.93. The van der Waals surface area contributed by atoms with Crippen LogP contribution in [0.5, 0.6) is 0 Å². The summed E-state index contributed by atoms with van der Waals surface area (Å²) in [7, 11) is 0. The predicted octanol–water partition coefficient (Wildman–Crippen LogP) is 1.44. The van der Waals surface area contributed by atoms with E-state index in [-0.39, 0.29) is 11.9 Å². The molecule has 0 aliphatic carbocycles. The van der Waals surface area contributed by atoms with Gasteiger partial charge in [-0.2, -0.15) is 0 Å². The van der Waals surface area contributed by atoms with Crippen LogP contribution in [0.25, 0.3) is 0 Å². The SMILES string of the molecule is CCC(O)CNC(=O)C1CSC(c2ccccc2)=N1. The van der Waals surface area contributed by atoms with Crippen molar-refractivity contribution in [3.8, 4) is 0 Å². The van der Waals surface area contributed by atoms with Crippen LogP contribution in [0.15, 0.2) is 35.3 Å². The summed E-state index contributed by atoms with van der Waals surface area (Å²) >= 11 is 1.60. The van der Waals surface area contributed by atoms with Crippen LogP contribution >= 0.6 is 11.8 Å². The van der Waals surface area contributed by atoms with Crippen molar-refractivity contribution in [1.29, 1.82) is 0 Å². The van der Waals surface area contributed by atoms with Gasteiger partial charge in [0.25, 0.3) is 0 Å². The Bertz CT molecular complexity index is 462. The number of benzene rings is 1. The second-order valence-electron chi connectivity index (χ2n) is 4.43. The van der Waals surface area contributed by atoms with Crippen LogP contribution in [0, 0.1) is 0 Å². The number of thioether (sulfide) groups is 1. The van der Waals surface area contributed by atoms with E-state index in [1.807, 2.05) is 37.3 Å². The molecule has 1 aliphatic heterocycles. The lowest BCUT2D eigenvalue weighted by Gasteiger charge is -2.11. The van der Waals surface area contributed by atoms with E-state index in [0.717, 1.165) is 10.6 Å². The molecule has 4 nitrogen and oxygen atoms in total. The molecule has 2 atom stereocenters. The monoisotopic (exact) mass is 278 g/mol. The highest BCUT2D eigenvalue weighted by molar-refractivity contribution is 8.14. The highest BCUT2D eigenvalue weighted by atomic mass is 32.2. The maximum absolute atomic E-state index is 11.9. The van der Waals surface area contributed by atoms with Gasteiger partial charge in [-0.25, -0.2) is 0 Å². The second-order valence-corrected chi connectivity index (χ2v) is 5.44. The van der Waals surface area contributed by atoms with Crippen LogP contribution in [0.2, 0.25) is 0 Å². The van der Waals surface area contributed by atoms with Gasteiger partial charge in [0.1, 0.15) is 6.04 Å². The molecule has 0 saturated heterocycles. The zero-order valence-corrected chi connectivity index (χ0v) is 11.7. The van der Waals surface area contributed by atoms with Crippen molar-refractivity contribution in [3.63, 3.8) is 0 Å². The Morgan fingerprint density at radius 2 is 2.26 bits per heavy atom. The number of nitrogens with one attached hydrogen (secondary N) is 1. The number of hydrogen-bond donors (Lipinski definition) is 2. The average molecular weight is 278 g/mol. The Labute approximate surface area is 117 Å². The van der Waals surface area contributed by atoms with Gasteiger partial charge in [-0.1, -0.05) is 37.3 Å². The third-order valence-electron chi connectivity index (χ3n) is 2.96. The lowest BCUT2D eigenvalue weighted by Crippen LogP contribution is -2.38. The van der Waals surface area contributed by atoms with Crippen molar-refractivity contribution in [3.05, 3.63) is 35.9 Å². The third-order valence-corrected chi connectivity index (χ3v) is 4.05. The topological polar surface area (TPSA) is 61.7 Å². The fraction of sp³-hybridized carbons (Fsp3) is 0.429. The lowest BCUT2D eigenvalue weighted by molar-refractivity contribution is -0.122. The van der Waals surface area contributed by atoms with E-state index in [0.29, 0.717) is 18.7 Å². The molecular formula is C14H18N2O2S. The van der Waals surface area contributed by atoms with E-state index in [1.54, 1.807) is 11.8 Å². The highest BCUT2D eigenvalue weighted by Crippen LogP contribution is 2.23. The van der Waals surface area contributed by atoms with E-state index in [2.05, 4.69) is 10.3 Å². The average Bonchev–Trinajstić information content (AvgIpc) is 2.95. The number of aliphatic imine (C=N–C) groups is 1. The highest BCUT2D eigenvalue weighted by Gasteiger charge is 2.25. The molecule has 1 aliphatic rings. The Hall–Kier alpha value is -1.33. The largest absolute Gasteiger partial charge is 0.391 e. The molecule has 1 aromatic carbocycles. The summed E-state index contributed by atoms with van der Waals surface area (Å²) in [5.41, 5.74) is 1.05. The molecule has 19 heavy (non-hydrogen) atoms. The number of rotatable bonds is 5. The zero-order valence-electron chi connectivity index (χ0n) is 10.9. The number of nitrogens with zero attached hydrogens (tertiary/aromatic N) is 1. The molecule has 5 heteroatoms. The molecule has 0 radical (unpaired) electrons. The fourth-order valence-electron chi connectivity index (χ4n) is 1.73. The van der Waals surface area contributed by atoms with Crippen molar-refractivity contribution >= 4 is 22.7 Å². The summed E-state index contributed by atoms with van der Waals surface area (Å²) in [5.74, 6) is 0.559. The number of hydrogen-bond acceptors (Lipinski definition) is 4. The van der Waals surface area contributed by atoms with Crippen molar-refractivity contribution in [1.82, 2.24) is 5.32 Å². The minimum absolute atomic E-state index is 0.106. The molecular weight excluding hydrogens is 260 g/mol. The second kappa shape index (κ2) is 6.73. The first-order valence-corrected chi connectivity index (χ1v) is 7.41. The van der Waals surface area contributed by atoms with Crippen molar-refractivity contribution < 1.29 is 9.90 Å². The molecule has 0 bridgehead atoms. The van der Waals surface area contributed by atoms with Gasteiger partial charge in [0.15, 0.2) is 0 Å². The summed E-state index contributed by atoms with van der Waals surface area (Å²) in [6.07, 6.45) is 0.161. The van der Waals surface area contributed by atoms with Gasteiger partial charge < -0.3 is 10.4 Å². The van der Waals surface area contributed by atoms with Gasteiger partial charge in [0.05, 0.1) is 11.1 Å². The zero-order chi connectivity index (χ0) is 13.7. The van der Waals surface area contributed by atoms with Gasteiger partial charge >= 0.3 is 0 Å². The maximum Gasteiger partial charge on any atom is 0.245 e. The van der Waals surface area contributed by atoms with Crippen LogP contribution in [-0.2, 0) is 4.79 Å². The quantitative estimate of drug-likeness (QED) is 0.856. The van der Waals surface area contributed by atoms with Crippen LogP contribution in [0.1, 0.15) is 18.9 Å². The summed E-state index contributed by atoms with van der Waals surface area (Å²) in [5, 5.41) is 13.1. The summed E-state index contributed by atoms with van der Waals surface area (Å²) in [6.45, 7) is 2.18. The lowest BCUT2D eigenvalue weighted by atomic mass is 10.2. The van der Waals surface area contributed by atoms with E-state index in [9.17, 15) is 9.90 Å². The molecule has 0 aromatic heterocycles. The number of carbonyl (C=O) groups excluding carboxylic acids is 1. The van der Waals surface area contributed by atoms with E-state index < -0.39 is 6.10 Å². The molecule has 0 fully saturated rings. The Morgan fingerprint density at radius 1 is 1.53 bits per heavy atom. The summed E-state index contributed by atoms with van der Waals surface area (Å²) < 4.78 is 0. The fourth-order valence-corrected chi connectivity index (χ4v) is 2.77. The van der Waals surface area contributed by atoms with Gasteiger partial charge in [-0.05, 0) is 6.42 Å². The molecule has 102 valence electrons. The standard InChI is InChI=1S/C14H18N2O2S/c1-2-11(17)8-15-13(18)12-9-19-14(16-12)10-6-4-3-5-7-10/h3-7,11-12,17H,2,8-9H2,1H3,(H,15,18). The normalized spacial score (nSPS) is 19.9. The van der Waals surface area contributed by atoms with Crippen LogP contribution in [-0.4, -0.2) is 40.5 Å². The summed E-state index contributed by atoms with van der Waals surface area (Å²) in [6, 6.07) is 9.52. The first-order valence-electron chi connectivity index (χ1n) is 6.42. The van der Waals surface area contributed by atoms with E-state index >= 15 is 0 Å². The maximum atomic E-state index is 11.9. The van der Waals surface area contributed by atoms with Crippen molar-refractivity contribution in [2.24, 2.45) is 4.99 Å².